The van der Waals surface area contributed by atoms with E-state index >= 15 is 0 Å². The SMILES string of the molecule is CC(C)C(=O)N1CCCC(C(=O)NCCNc2ccc(S(C)(=O)=O)cc2[N+](=O)[O-])C1. The third kappa shape index (κ3) is 6.15. The highest BCUT2D eigenvalue weighted by Gasteiger charge is 2.29. The molecule has 0 bridgehead atoms. The third-order valence-electron chi connectivity index (χ3n) is 4.93. The number of hydrogen-bond donors (Lipinski definition) is 2. The topological polar surface area (TPSA) is 139 Å². The number of likely N-dealkylation sites (tertiary alicyclic amines) is 1. The molecule has 166 valence electrons. The number of nitro groups is 1. The van der Waals surface area contributed by atoms with Crippen LogP contribution >= 0.6 is 0 Å². The Morgan fingerprint density at radius 2 is 2.00 bits per heavy atom. The van der Waals surface area contributed by atoms with Gasteiger partial charge < -0.3 is 15.5 Å². The van der Waals surface area contributed by atoms with Crippen molar-refractivity contribution < 1.29 is 22.9 Å². The Morgan fingerprint density at radius 3 is 2.60 bits per heavy atom. The second-order valence-electron chi connectivity index (χ2n) is 7.70. The molecule has 0 spiro atoms. The summed E-state index contributed by atoms with van der Waals surface area (Å²) in [5.74, 6) is -0.496. The van der Waals surface area contributed by atoms with Crippen molar-refractivity contribution in [3.05, 3.63) is 28.3 Å². The number of anilines is 1. The van der Waals surface area contributed by atoms with Crippen LogP contribution in [-0.2, 0) is 19.4 Å². The molecule has 2 rings (SSSR count). The van der Waals surface area contributed by atoms with Gasteiger partial charge in [0.15, 0.2) is 9.84 Å². The molecule has 1 aromatic carbocycles. The van der Waals surface area contributed by atoms with E-state index in [9.17, 15) is 28.1 Å². The molecule has 0 aliphatic carbocycles. The van der Waals surface area contributed by atoms with E-state index in [0.717, 1.165) is 18.7 Å². The molecule has 1 saturated heterocycles. The number of rotatable bonds is 8. The smallest absolute Gasteiger partial charge is 0.293 e. The number of nitro benzene ring substituents is 1. The number of hydrogen-bond acceptors (Lipinski definition) is 7. The Bertz CT molecular complexity index is 916. The van der Waals surface area contributed by atoms with Crippen LogP contribution in [0.3, 0.4) is 0 Å². The molecular weight excluding hydrogens is 412 g/mol. The maximum atomic E-state index is 12.4. The van der Waals surface area contributed by atoms with Crippen LogP contribution in [0.5, 0.6) is 0 Å². The Kier molecular flexibility index (Phi) is 7.77. The summed E-state index contributed by atoms with van der Waals surface area (Å²) in [5.41, 5.74) is -0.174. The molecule has 1 aliphatic rings. The van der Waals surface area contributed by atoms with Crippen molar-refractivity contribution in [1.82, 2.24) is 10.2 Å². The minimum Gasteiger partial charge on any atom is -0.378 e. The lowest BCUT2D eigenvalue weighted by Crippen LogP contribution is -2.47. The molecule has 0 radical (unpaired) electrons. The molecule has 0 saturated carbocycles. The Morgan fingerprint density at radius 1 is 1.30 bits per heavy atom. The van der Waals surface area contributed by atoms with E-state index in [1.807, 2.05) is 13.8 Å². The molecule has 11 heteroatoms. The van der Waals surface area contributed by atoms with Crippen molar-refractivity contribution in [3.8, 4) is 0 Å². The van der Waals surface area contributed by atoms with Crippen molar-refractivity contribution >= 4 is 33.0 Å². The number of sulfone groups is 1. The fourth-order valence-electron chi connectivity index (χ4n) is 3.33. The monoisotopic (exact) mass is 440 g/mol. The average Bonchev–Trinajstić information content (AvgIpc) is 2.69. The zero-order valence-electron chi connectivity index (χ0n) is 17.4. The van der Waals surface area contributed by atoms with Gasteiger partial charge in [-0.1, -0.05) is 13.8 Å². The van der Waals surface area contributed by atoms with Crippen molar-refractivity contribution in [2.24, 2.45) is 11.8 Å². The van der Waals surface area contributed by atoms with Gasteiger partial charge in [-0.15, -0.1) is 0 Å². The van der Waals surface area contributed by atoms with Crippen molar-refractivity contribution in [1.29, 1.82) is 0 Å². The predicted octanol–water partition coefficient (Wildman–Crippen LogP) is 1.42. The van der Waals surface area contributed by atoms with Gasteiger partial charge in [0, 0.05) is 44.4 Å². The van der Waals surface area contributed by atoms with E-state index in [-0.39, 0.29) is 53.0 Å². The fraction of sp³-hybridized carbons (Fsp3) is 0.579. The van der Waals surface area contributed by atoms with E-state index in [4.69, 9.17) is 0 Å². The summed E-state index contributed by atoms with van der Waals surface area (Å²) in [6.07, 6.45) is 2.46. The summed E-state index contributed by atoms with van der Waals surface area (Å²) in [6, 6.07) is 3.65. The molecule has 1 aromatic rings. The zero-order valence-corrected chi connectivity index (χ0v) is 18.2. The molecule has 1 fully saturated rings. The predicted molar refractivity (Wildman–Crippen MR) is 112 cm³/mol. The first-order valence-electron chi connectivity index (χ1n) is 9.79. The van der Waals surface area contributed by atoms with Gasteiger partial charge in [0.25, 0.3) is 5.69 Å². The lowest BCUT2D eigenvalue weighted by molar-refractivity contribution is -0.384. The van der Waals surface area contributed by atoms with Gasteiger partial charge in [-0.05, 0) is 25.0 Å². The number of piperidine rings is 1. The first-order chi connectivity index (χ1) is 14.0. The van der Waals surface area contributed by atoms with Gasteiger partial charge in [-0.3, -0.25) is 19.7 Å². The van der Waals surface area contributed by atoms with Gasteiger partial charge in [0.1, 0.15) is 5.69 Å². The maximum Gasteiger partial charge on any atom is 0.293 e. The Balaban J connectivity index is 1.89. The van der Waals surface area contributed by atoms with Crippen LogP contribution in [0.15, 0.2) is 23.1 Å². The normalized spacial score (nSPS) is 16.9. The second kappa shape index (κ2) is 9.88. The number of nitrogens with one attached hydrogen (secondary N) is 2. The van der Waals surface area contributed by atoms with Crippen molar-refractivity contribution in [2.75, 3.05) is 37.8 Å². The van der Waals surface area contributed by atoms with Gasteiger partial charge >= 0.3 is 0 Å². The Hall–Kier alpha value is -2.69. The summed E-state index contributed by atoms with van der Waals surface area (Å²) in [7, 11) is -3.56. The van der Waals surface area contributed by atoms with Crippen LogP contribution in [-0.4, -0.2) is 62.5 Å². The maximum absolute atomic E-state index is 12.4. The van der Waals surface area contributed by atoms with Crippen LogP contribution in [0.25, 0.3) is 0 Å². The summed E-state index contributed by atoms with van der Waals surface area (Å²) in [4.78, 5) is 36.8. The number of benzene rings is 1. The molecular formula is C19H28N4O6S. The third-order valence-corrected chi connectivity index (χ3v) is 6.04. The average molecular weight is 441 g/mol. The number of nitrogens with zero attached hydrogens (tertiary/aromatic N) is 2. The molecule has 1 heterocycles. The molecule has 1 atom stereocenters. The van der Waals surface area contributed by atoms with Gasteiger partial charge in [0.2, 0.25) is 11.8 Å². The van der Waals surface area contributed by atoms with Crippen molar-refractivity contribution in [3.63, 3.8) is 0 Å². The lowest BCUT2D eigenvalue weighted by Gasteiger charge is -2.33. The second-order valence-corrected chi connectivity index (χ2v) is 9.72. The first kappa shape index (κ1) is 23.6. The number of carbonyl (C=O) groups excluding carboxylic acids is 2. The summed E-state index contributed by atoms with van der Waals surface area (Å²) < 4.78 is 23.2. The van der Waals surface area contributed by atoms with Gasteiger partial charge in [-0.2, -0.15) is 0 Å². The minimum absolute atomic E-state index is 0.0408. The molecule has 0 aromatic heterocycles. The largest absolute Gasteiger partial charge is 0.378 e. The number of amides is 2. The van der Waals surface area contributed by atoms with E-state index in [1.165, 1.54) is 12.1 Å². The van der Waals surface area contributed by atoms with Crippen LogP contribution in [0.4, 0.5) is 11.4 Å². The summed E-state index contributed by atoms with van der Waals surface area (Å²) in [5, 5.41) is 16.9. The van der Waals surface area contributed by atoms with Crippen LogP contribution < -0.4 is 10.6 Å². The molecule has 2 N–H and O–H groups in total. The number of carbonyl (C=O) groups is 2. The molecule has 2 amide bonds. The van der Waals surface area contributed by atoms with E-state index in [1.54, 1.807) is 4.90 Å². The molecule has 1 unspecified atom stereocenters. The first-order valence-corrected chi connectivity index (χ1v) is 11.7. The minimum atomic E-state index is -3.56. The van der Waals surface area contributed by atoms with Crippen LogP contribution in [0.1, 0.15) is 26.7 Å². The van der Waals surface area contributed by atoms with Crippen LogP contribution in [0.2, 0.25) is 0 Å². The van der Waals surface area contributed by atoms with E-state index in [0.29, 0.717) is 19.5 Å². The van der Waals surface area contributed by atoms with Crippen molar-refractivity contribution in [2.45, 2.75) is 31.6 Å². The molecule has 30 heavy (non-hydrogen) atoms. The van der Waals surface area contributed by atoms with Gasteiger partial charge in [-0.25, -0.2) is 8.42 Å². The highest BCUT2D eigenvalue weighted by Crippen LogP contribution is 2.27. The van der Waals surface area contributed by atoms with Crippen LogP contribution in [0, 0.1) is 22.0 Å². The van der Waals surface area contributed by atoms with E-state index < -0.39 is 14.8 Å². The zero-order chi connectivity index (χ0) is 22.5. The van der Waals surface area contributed by atoms with Gasteiger partial charge in [0.05, 0.1) is 15.7 Å². The molecule has 1 aliphatic heterocycles. The highest BCUT2D eigenvalue weighted by atomic mass is 32.2. The van der Waals surface area contributed by atoms with E-state index in [2.05, 4.69) is 10.6 Å². The molecule has 10 nitrogen and oxygen atoms in total. The Labute approximate surface area is 176 Å². The highest BCUT2D eigenvalue weighted by molar-refractivity contribution is 7.90. The lowest BCUT2D eigenvalue weighted by atomic mass is 9.96. The fourth-order valence-corrected chi connectivity index (χ4v) is 3.97. The summed E-state index contributed by atoms with van der Waals surface area (Å²) in [6.45, 7) is 5.19. The standard InChI is InChI=1S/C19H28N4O6S/c1-13(2)19(25)22-10-4-5-14(12-22)18(24)21-9-8-20-16-7-6-15(30(3,28)29)11-17(16)23(26)27/h6-7,11,13-14,20H,4-5,8-10,12H2,1-3H3,(H,21,24). The summed E-state index contributed by atoms with van der Waals surface area (Å²) >= 11 is 0. The quantitative estimate of drug-likeness (QED) is 0.354.